The van der Waals surface area contributed by atoms with Gasteiger partial charge in [0.15, 0.2) is 0 Å². The van der Waals surface area contributed by atoms with Gasteiger partial charge in [0.2, 0.25) is 5.67 Å². The average Bonchev–Trinajstić information content (AvgIpc) is 2.33. The SMILES string of the molecule is O=C(N1CCC1)C1(F)CCNC1. The minimum atomic E-state index is -1.60. The first-order chi connectivity index (χ1) is 5.72. The Morgan fingerprint density at radius 3 is 2.67 bits per heavy atom. The zero-order valence-corrected chi connectivity index (χ0v) is 6.98. The molecule has 0 radical (unpaired) electrons. The summed E-state index contributed by atoms with van der Waals surface area (Å²) < 4.78 is 13.7. The number of rotatable bonds is 1. The Kier molecular flexibility index (Phi) is 1.79. The van der Waals surface area contributed by atoms with Gasteiger partial charge in [-0.15, -0.1) is 0 Å². The molecule has 2 aliphatic heterocycles. The van der Waals surface area contributed by atoms with E-state index < -0.39 is 5.67 Å². The van der Waals surface area contributed by atoms with Gasteiger partial charge >= 0.3 is 0 Å². The summed E-state index contributed by atoms with van der Waals surface area (Å²) in [5.41, 5.74) is -1.60. The third kappa shape index (κ3) is 1.10. The number of halogens is 1. The number of hydrogen-bond donors (Lipinski definition) is 1. The molecular weight excluding hydrogens is 159 g/mol. The molecule has 4 heteroatoms. The summed E-state index contributed by atoms with van der Waals surface area (Å²) >= 11 is 0. The van der Waals surface area contributed by atoms with E-state index in [1.54, 1.807) is 4.90 Å². The van der Waals surface area contributed by atoms with Crippen molar-refractivity contribution in [3.05, 3.63) is 0 Å². The highest BCUT2D eigenvalue weighted by Crippen LogP contribution is 2.24. The molecule has 2 aliphatic rings. The van der Waals surface area contributed by atoms with Gasteiger partial charge in [-0.2, -0.15) is 0 Å². The monoisotopic (exact) mass is 172 g/mol. The van der Waals surface area contributed by atoms with Crippen molar-refractivity contribution in [2.24, 2.45) is 0 Å². The molecule has 0 saturated carbocycles. The van der Waals surface area contributed by atoms with Crippen LogP contribution in [-0.2, 0) is 4.79 Å². The fourth-order valence-corrected chi connectivity index (χ4v) is 1.65. The van der Waals surface area contributed by atoms with Crippen LogP contribution in [0.3, 0.4) is 0 Å². The van der Waals surface area contributed by atoms with Crippen LogP contribution in [0.5, 0.6) is 0 Å². The number of amides is 1. The van der Waals surface area contributed by atoms with Gasteiger partial charge < -0.3 is 10.2 Å². The summed E-state index contributed by atoms with van der Waals surface area (Å²) in [6, 6.07) is 0. The van der Waals surface area contributed by atoms with E-state index in [-0.39, 0.29) is 12.5 Å². The maximum absolute atomic E-state index is 13.7. The molecule has 68 valence electrons. The standard InChI is InChI=1S/C8H13FN2O/c9-8(2-3-10-6-8)7(12)11-4-1-5-11/h10H,1-6H2. The number of carbonyl (C=O) groups is 1. The number of likely N-dealkylation sites (tertiary alicyclic amines) is 1. The fourth-order valence-electron chi connectivity index (χ4n) is 1.65. The van der Waals surface area contributed by atoms with Gasteiger partial charge in [0, 0.05) is 26.1 Å². The summed E-state index contributed by atoms with van der Waals surface area (Å²) in [6.07, 6.45) is 1.36. The van der Waals surface area contributed by atoms with E-state index in [2.05, 4.69) is 5.32 Å². The molecule has 2 saturated heterocycles. The molecule has 0 bridgehead atoms. The quantitative estimate of drug-likeness (QED) is 0.600. The zero-order chi connectivity index (χ0) is 8.60. The van der Waals surface area contributed by atoms with E-state index in [0.717, 1.165) is 19.5 Å². The van der Waals surface area contributed by atoms with E-state index in [4.69, 9.17) is 0 Å². The van der Waals surface area contributed by atoms with E-state index >= 15 is 0 Å². The molecule has 2 fully saturated rings. The molecule has 2 heterocycles. The molecule has 1 amide bonds. The van der Waals surface area contributed by atoms with E-state index in [9.17, 15) is 9.18 Å². The number of nitrogens with zero attached hydrogens (tertiary/aromatic N) is 1. The Labute approximate surface area is 70.9 Å². The second-order valence-corrected chi connectivity index (χ2v) is 3.54. The normalized spacial score (nSPS) is 34.9. The number of alkyl halides is 1. The summed E-state index contributed by atoms with van der Waals surface area (Å²) in [6.45, 7) is 2.30. The van der Waals surface area contributed by atoms with Crippen LogP contribution in [-0.4, -0.2) is 42.7 Å². The zero-order valence-electron chi connectivity index (χ0n) is 6.98. The lowest BCUT2D eigenvalue weighted by atomic mass is 10.0. The van der Waals surface area contributed by atoms with E-state index in [1.165, 1.54) is 0 Å². The molecule has 0 aromatic heterocycles. The molecule has 0 aromatic rings. The maximum atomic E-state index is 13.7. The van der Waals surface area contributed by atoms with Crippen LogP contribution < -0.4 is 5.32 Å². The molecular formula is C8H13FN2O. The van der Waals surface area contributed by atoms with E-state index in [0.29, 0.717) is 13.0 Å². The Morgan fingerprint density at radius 1 is 1.50 bits per heavy atom. The van der Waals surface area contributed by atoms with Crippen molar-refractivity contribution in [1.29, 1.82) is 0 Å². The predicted octanol–water partition coefficient (Wildman–Crippen LogP) is -0.0797. The average molecular weight is 172 g/mol. The lowest BCUT2D eigenvalue weighted by Gasteiger charge is -2.35. The molecule has 1 N–H and O–H groups in total. The predicted molar refractivity (Wildman–Crippen MR) is 42.5 cm³/mol. The second kappa shape index (κ2) is 2.69. The van der Waals surface area contributed by atoms with Crippen molar-refractivity contribution in [2.75, 3.05) is 26.2 Å². The highest BCUT2D eigenvalue weighted by atomic mass is 19.1. The van der Waals surface area contributed by atoms with Crippen molar-refractivity contribution in [3.8, 4) is 0 Å². The minimum absolute atomic E-state index is 0.197. The maximum Gasteiger partial charge on any atom is 0.261 e. The smallest absolute Gasteiger partial charge is 0.261 e. The van der Waals surface area contributed by atoms with Crippen LogP contribution in [0, 0.1) is 0 Å². The molecule has 1 unspecified atom stereocenters. The van der Waals surface area contributed by atoms with Crippen molar-refractivity contribution in [2.45, 2.75) is 18.5 Å². The summed E-state index contributed by atoms with van der Waals surface area (Å²) in [5.74, 6) is -0.307. The first kappa shape index (κ1) is 7.98. The van der Waals surface area contributed by atoms with Gasteiger partial charge in [-0.1, -0.05) is 0 Å². The van der Waals surface area contributed by atoms with Crippen molar-refractivity contribution >= 4 is 5.91 Å². The highest BCUT2D eigenvalue weighted by molar-refractivity contribution is 5.86. The van der Waals surface area contributed by atoms with Gasteiger partial charge in [-0.25, -0.2) is 4.39 Å². The molecule has 12 heavy (non-hydrogen) atoms. The summed E-state index contributed by atoms with van der Waals surface area (Å²) in [7, 11) is 0. The van der Waals surface area contributed by atoms with Crippen LogP contribution >= 0.6 is 0 Å². The molecule has 0 aromatic carbocycles. The van der Waals surface area contributed by atoms with Crippen LogP contribution in [0.25, 0.3) is 0 Å². The Morgan fingerprint density at radius 2 is 2.25 bits per heavy atom. The molecule has 0 aliphatic carbocycles. The lowest BCUT2D eigenvalue weighted by Crippen LogP contribution is -2.52. The van der Waals surface area contributed by atoms with Gasteiger partial charge in [-0.05, 0) is 13.0 Å². The molecule has 2 rings (SSSR count). The highest BCUT2D eigenvalue weighted by Gasteiger charge is 2.45. The van der Waals surface area contributed by atoms with Crippen molar-refractivity contribution < 1.29 is 9.18 Å². The molecule has 1 atom stereocenters. The summed E-state index contributed by atoms with van der Waals surface area (Å²) in [4.78, 5) is 13.1. The van der Waals surface area contributed by atoms with Gasteiger partial charge in [0.25, 0.3) is 5.91 Å². The van der Waals surface area contributed by atoms with Crippen molar-refractivity contribution in [1.82, 2.24) is 10.2 Å². The van der Waals surface area contributed by atoms with Crippen LogP contribution in [0.4, 0.5) is 4.39 Å². The second-order valence-electron chi connectivity index (χ2n) is 3.54. The molecule has 0 spiro atoms. The summed E-state index contributed by atoms with van der Waals surface area (Å²) in [5, 5.41) is 2.87. The van der Waals surface area contributed by atoms with Crippen LogP contribution in [0.15, 0.2) is 0 Å². The largest absolute Gasteiger partial charge is 0.340 e. The molecule has 3 nitrogen and oxygen atoms in total. The van der Waals surface area contributed by atoms with Gasteiger partial charge in [0.05, 0.1) is 0 Å². The Balaban J connectivity index is 2.01. The first-order valence-corrected chi connectivity index (χ1v) is 4.41. The minimum Gasteiger partial charge on any atom is -0.340 e. The topological polar surface area (TPSA) is 32.3 Å². The number of carbonyl (C=O) groups excluding carboxylic acids is 1. The van der Waals surface area contributed by atoms with Crippen molar-refractivity contribution in [3.63, 3.8) is 0 Å². The van der Waals surface area contributed by atoms with E-state index in [1.807, 2.05) is 0 Å². The number of nitrogens with one attached hydrogen (secondary N) is 1. The Hall–Kier alpha value is -0.640. The van der Waals surface area contributed by atoms with Crippen LogP contribution in [0.1, 0.15) is 12.8 Å². The van der Waals surface area contributed by atoms with Gasteiger partial charge in [0.1, 0.15) is 0 Å². The van der Waals surface area contributed by atoms with Gasteiger partial charge in [-0.3, -0.25) is 4.79 Å². The lowest BCUT2D eigenvalue weighted by molar-refractivity contribution is -0.146. The Bertz CT molecular complexity index is 197. The number of hydrogen-bond acceptors (Lipinski definition) is 2. The third-order valence-electron chi connectivity index (χ3n) is 2.63. The van der Waals surface area contributed by atoms with Crippen LogP contribution in [0.2, 0.25) is 0 Å². The third-order valence-corrected chi connectivity index (χ3v) is 2.63. The first-order valence-electron chi connectivity index (χ1n) is 4.41. The fraction of sp³-hybridized carbons (Fsp3) is 0.875.